The fourth-order valence-electron chi connectivity index (χ4n) is 5.10. The fraction of sp³-hybridized carbons (Fsp3) is 0.500. The van der Waals surface area contributed by atoms with Crippen molar-refractivity contribution in [2.45, 2.75) is 31.3 Å². The van der Waals surface area contributed by atoms with E-state index in [1.807, 2.05) is 43.1 Å². The van der Waals surface area contributed by atoms with Gasteiger partial charge in [0.05, 0.1) is 24.5 Å². The van der Waals surface area contributed by atoms with E-state index >= 15 is 0 Å². The molecular formula is C18H19NO4. The van der Waals surface area contributed by atoms with E-state index in [4.69, 9.17) is 4.74 Å². The van der Waals surface area contributed by atoms with Gasteiger partial charge in [0.2, 0.25) is 11.6 Å². The third-order valence-electron chi connectivity index (χ3n) is 6.07. The topological polar surface area (TPSA) is 63.7 Å². The summed E-state index contributed by atoms with van der Waals surface area (Å²) in [5.41, 5.74) is 1.52. The molecule has 23 heavy (non-hydrogen) atoms. The van der Waals surface area contributed by atoms with Crippen molar-refractivity contribution in [1.82, 2.24) is 4.90 Å². The first-order valence-electron chi connectivity index (χ1n) is 7.88. The van der Waals surface area contributed by atoms with Gasteiger partial charge in [-0.2, -0.15) is 0 Å². The second-order valence-corrected chi connectivity index (χ2v) is 7.02. The number of Topliss-reactive ketones (excluding diaryl/α,β-unsaturated/α-hetero) is 2. The summed E-state index contributed by atoms with van der Waals surface area (Å²) in [6.45, 7) is 2.01. The van der Waals surface area contributed by atoms with Gasteiger partial charge in [-0.3, -0.25) is 19.3 Å². The number of benzene rings is 1. The molecule has 2 aliphatic carbocycles. The highest BCUT2D eigenvalue weighted by molar-refractivity contribution is 6.50. The Bertz CT molecular complexity index is 725. The van der Waals surface area contributed by atoms with Crippen LogP contribution in [0.2, 0.25) is 0 Å². The van der Waals surface area contributed by atoms with Crippen LogP contribution in [0.1, 0.15) is 23.5 Å². The Hall–Kier alpha value is -2.01. The summed E-state index contributed by atoms with van der Waals surface area (Å²) in [5.74, 6) is -1.39. The Morgan fingerprint density at radius 2 is 1.91 bits per heavy atom. The standard InChI is InChI=1S/C18H19NO4/c1-9-4-6-10(7-5-9)11-8-18-14(12(11)17(22)23-3)19(2)15(18)13(20)16(18)21/h4-7,11-12,14-15H,8H2,1-3H3/t11-,12-,14-,15-,18?/m0/s1. The van der Waals surface area contributed by atoms with Crippen molar-refractivity contribution >= 4 is 17.5 Å². The van der Waals surface area contributed by atoms with Gasteiger partial charge in [0.15, 0.2) is 0 Å². The Kier molecular flexibility index (Phi) is 2.86. The normalized spacial score (nSPS) is 38.4. The number of ketones is 2. The first-order valence-corrected chi connectivity index (χ1v) is 7.88. The molecule has 0 radical (unpaired) electrons. The lowest BCUT2D eigenvalue weighted by Crippen LogP contribution is -2.84. The second-order valence-electron chi connectivity index (χ2n) is 7.02. The van der Waals surface area contributed by atoms with Crippen LogP contribution < -0.4 is 0 Å². The van der Waals surface area contributed by atoms with Gasteiger partial charge >= 0.3 is 5.97 Å². The van der Waals surface area contributed by atoms with E-state index < -0.39 is 11.3 Å². The number of nitrogens with zero attached hydrogens (tertiary/aromatic N) is 1. The van der Waals surface area contributed by atoms with Gasteiger partial charge in [0, 0.05) is 6.04 Å². The van der Waals surface area contributed by atoms with Crippen molar-refractivity contribution in [1.29, 1.82) is 0 Å². The lowest BCUT2D eigenvalue weighted by atomic mass is 9.51. The molecule has 0 bridgehead atoms. The van der Waals surface area contributed by atoms with E-state index in [1.165, 1.54) is 7.11 Å². The third kappa shape index (κ3) is 1.53. The monoisotopic (exact) mass is 313 g/mol. The highest BCUT2D eigenvalue weighted by Gasteiger charge is 2.81. The molecule has 5 nitrogen and oxygen atoms in total. The number of methoxy groups -OCH3 is 1. The number of ether oxygens (including phenoxy) is 1. The number of carbonyl (C=O) groups is 3. The molecule has 1 aromatic rings. The van der Waals surface area contributed by atoms with Crippen LogP contribution in [0.3, 0.4) is 0 Å². The highest BCUT2D eigenvalue weighted by atomic mass is 16.5. The summed E-state index contributed by atoms with van der Waals surface area (Å²) in [5, 5.41) is 0. The van der Waals surface area contributed by atoms with Crippen LogP contribution in [0.25, 0.3) is 0 Å². The third-order valence-corrected chi connectivity index (χ3v) is 6.07. The van der Waals surface area contributed by atoms with E-state index in [-0.39, 0.29) is 35.5 Å². The van der Waals surface area contributed by atoms with Crippen LogP contribution in [-0.2, 0) is 19.1 Å². The SMILES string of the molecule is COC(=O)[C@@H]1[C@@H]2N(C)[C@H]3C(=O)C(=O)C32C[C@H]1c1ccc(C)cc1. The lowest BCUT2D eigenvalue weighted by molar-refractivity contribution is -0.197. The summed E-state index contributed by atoms with van der Waals surface area (Å²) in [6.07, 6.45) is 0.556. The maximum absolute atomic E-state index is 12.4. The van der Waals surface area contributed by atoms with Crippen molar-refractivity contribution in [2.75, 3.05) is 14.2 Å². The fourth-order valence-corrected chi connectivity index (χ4v) is 5.10. The summed E-state index contributed by atoms with van der Waals surface area (Å²) in [6, 6.07) is 7.47. The van der Waals surface area contributed by atoms with Crippen molar-refractivity contribution < 1.29 is 19.1 Å². The maximum Gasteiger partial charge on any atom is 0.310 e. The number of hydrogen-bond acceptors (Lipinski definition) is 5. The van der Waals surface area contributed by atoms with Crippen LogP contribution in [-0.4, -0.2) is 48.7 Å². The Morgan fingerprint density at radius 3 is 2.52 bits per heavy atom. The molecular weight excluding hydrogens is 294 g/mol. The number of likely N-dealkylation sites (tertiary alicyclic amines) is 1. The molecule has 1 unspecified atom stereocenters. The molecule has 3 aliphatic rings. The number of hydrogen-bond donors (Lipinski definition) is 0. The van der Waals surface area contributed by atoms with E-state index in [9.17, 15) is 14.4 Å². The highest BCUT2D eigenvalue weighted by Crippen LogP contribution is 2.66. The van der Waals surface area contributed by atoms with Crippen molar-refractivity contribution in [3.8, 4) is 0 Å². The first-order chi connectivity index (χ1) is 10.9. The summed E-state index contributed by atoms with van der Waals surface area (Å²) in [7, 11) is 3.20. The van der Waals surface area contributed by atoms with Crippen LogP contribution >= 0.6 is 0 Å². The van der Waals surface area contributed by atoms with Gasteiger partial charge < -0.3 is 4.74 Å². The van der Waals surface area contributed by atoms with Gasteiger partial charge in [-0.25, -0.2) is 0 Å². The van der Waals surface area contributed by atoms with Crippen LogP contribution in [0, 0.1) is 18.3 Å². The quantitative estimate of drug-likeness (QED) is 0.604. The molecule has 0 amide bonds. The van der Waals surface area contributed by atoms with E-state index in [0.29, 0.717) is 6.42 Å². The molecule has 0 N–H and O–H groups in total. The van der Waals surface area contributed by atoms with Crippen molar-refractivity contribution in [3.05, 3.63) is 35.4 Å². The van der Waals surface area contributed by atoms with Gasteiger partial charge in [0.1, 0.15) is 0 Å². The molecule has 120 valence electrons. The van der Waals surface area contributed by atoms with Gasteiger partial charge in [-0.15, -0.1) is 0 Å². The molecule has 3 fully saturated rings. The zero-order valence-corrected chi connectivity index (χ0v) is 13.4. The van der Waals surface area contributed by atoms with Crippen LogP contribution in [0.15, 0.2) is 24.3 Å². The van der Waals surface area contributed by atoms with E-state index in [1.54, 1.807) is 0 Å². The Labute approximate surface area is 134 Å². The zero-order chi connectivity index (χ0) is 16.5. The maximum atomic E-state index is 12.4. The number of likely N-dealkylation sites (N-methyl/N-ethyl adjacent to an activating group) is 1. The van der Waals surface area contributed by atoms with E-state index in [2.05, 4.69) is 0 Å². The molecule has 1 heterocycles. The largest absolute Gasteiger partial charge is 0.469 e. The number of esters is 1. The minimum absolute atomic E-state index is 0.0856. The Balaban J connectivity index is 1.77. The molecule has 5 heteroatoms. The molecule has 0 aromatic heterocycles. The first kappa shape index (κ1) is 14.6. The molecule has 4 rings (SSSR count). The summed E-state index contributed by atoms with van der Waals surface area (Å²) >= 11 is 0. The summed E-state index contributed by atoms with van der Waals surface area (Å²) < 4.78 is 5.02. The molecule has 2 saturated carbocycles. The predicted octanol–water partition coefficient (Wildman–Crippen LogP) is 1.09. The lowest BCUT2D eigenvalue weighted by Gasteiger charge is -2.64. The zero-order valence-electron chi connectivity index (χ0n) is 13.4. The molecule has 1 saturated heterocycles. The molecule has 1 spiro atoms. The number of carbonyl (C=O) groups excluding carboxylic acids is 3. The second kappa shape index (κ2) is 4.51. The average molecular weight is 313 g/mol. The van der Waals surface area contributed by atoms with Crippen LogP contribution in [0.5, 0.6) is 0 Å². The minimum atomic E-state index is -0.666. The average Bonchev–Trinajstić information content (AvgIpc) is 2.88. The predicted molar refractivity (Wildman–Crippen MR) is 81.8 cm³/mol. The van der Waals surface area contributed by atoms with Crippen molar-refractivity contribution in [3.63, 3.8) is 0 Å². The Morgan fingerprint density at radius 1 is 1.26 bits per heavy atom. The number of aryl methyl sites for hydroxylation is 1. The minimum Gasteiger partial charge on any atom is -0.469 e. The smallest absolute Gasteiger partial charge is 0.310 e. The van der Waals surface area contributed by atoms with Crippen molar-refractivity contribution in [2.24, 2.45) is 11.3 Å². The molecule has 5 atom stereocenters. The van der Waals surface area contributed by atoms with Gasteiger partial charge in [-0.05, 0) is 31.9 Å². The number of rotatable bonds is 2. The number of piperidine rings is 1. The van der Waals surface area contributed by atoms with E-state index in [0.717, 1.165) is 11.1 Å². The van der Waals surface area contributed by atoms with Gasteiger partial charge in [-0.1, -0.05) is 29.8 Å². The molecule has 1 aromatic carbocycles. The van der Waals surface area contributed by atoms with Crippen LogP contribution in [0.4, 0.5) is 0 Å². The molecule has 1 aliphatic heterocycles. The summed E-state index contributed by atoms with van der Waals surface area (Å²) in [4.78, 5) is 38.5. The van der Waals surface area contributed by atoms with Gasteiger partial charge in [0.25, 0.3) is 0 Å².